The third kappa shape index (κ3) is 2.28. The quantitative estimate of drug-likeness (QED) is 0.859. The van der Waals surface area contributed by atoms with Gasteiger partial charge in [-0.15, -0.1) is 0 Å². The molecule has 0 saturated heterocycles. The Kier molecular flexibility index (Phi) is 2.77. The Hall–Kier alpha value is -0.770. The predicted octanol–water partition coefficient (Wildman–Crippen LogP) is 1.76. The van der Waals surface area contributed by atoms with Gasteiger partial charge in [0.15, 0.2) is 0 Å². The average Bonchev–Trinajstić information content (AvgIpc) is 3.00. The predicted molar refractivity (Wildman–Crippen MR) is 66.6 cm³/mol. The van der Waals surface area contributed by atoms with Crippen molar-refractivity contribution in [2.75, 3.05) is 13.2 Å². The van der Waals surface area contributed by atoms with Crippen molar-refractivity contribution in [2.24, 2.45) is 0 Å². The zero-order valence-corrected chi connectivity index (χ0v) is 10.3. The van der Waals surface area contributed by atoms with Crippen LogP contribution >= 0.6 is 11.6 Å². The summed E-state index contributed by atoms with van der Waals surface area (Å²) in [5, 5.41) is 13.4. The molecule has 3 nitrogen and oxygen atoms in total. The van der Waals surface area contributed by atoms with Crippen LogP contribution in [0, 0.1) is 0 Å². The first-order chi connectivity index (χ1) is 8.21. The highest BCUT2D eigenvalue weighted by atomic mass is 35.5. The van der Waals surface area contributed by atoms with Crippen molar-refractivity contribution in [1.82, 2.24) is 5.32 Å². The number of benzene rings is 1. The van der Waals surface area contributed by atoms with E-state index in [0.29, 0.717) is 0 Å². The molecule has 2 aliphatic rings. The summed E-state index contributed by atoms with van der Waals surface area (Å²) in [5.41, 5.74) is 1.16. The first-order valence-electron chi connectivity index (χ1n) is 6.02. The molecule has 0 aromatic heterocycles. The Morgan fingerprint density at radius 3 is 3.00 bits per heavy atom. The van der Waals surface area contributed by atoms with Gasteiger partial charge in [-0.25, -0.2) is 0 Å². The van der Waals surface area contributed by atoms with Crippen LogP contribution in [0.2, 0.25) is 5.02 Å². The van der Waals surface area contributed by atoms with Crippen molar-refractivity contribution in [3.63, 3.8) is 0 Å². The number of nitrogens with one attached hydrogen (secondary N) is 1. The van der Waals surface area contributed by atoms with E-state index in [1.807, 2.05) is 18.2 Å². The fraction of sp³-hybridized carbons (Fsp3) is 0.538. The lowest BCUT2D eigenvalue weighted by Crippen LogP contribution is -2.41. The van der Waals surface area contributed by atoms with Crippen LogP contribution in [0.3, 0.4) is 0 Å². The van der Waals surface area contributed by atoms with E-state index in [2.05, 4.69) is 5.32 Å². The van der Waals surface area contributed by atoms with Gasteiger partial charge in [0.2, 0.25) is 0 Å². The number of aliphatic hydroxyl groups is 1. The lowest BCUT2D eigenvalue weighted by molar-refractivity contribution is 0.189. The molecule has 1 aromatic rings. The Bertz CT molecular complexity index is 431. The maximum atomic E-state index is 9.22. The third-order valence-corrected chi connectivity index (χ3v) is 3.86. The van der Waals surface area contributed by atoms with Crippen LogP contribution in [-0.2, 0) is 6.42 Å². The SMILES string of the molecule is OCC1(NCC2Cc3cc(Cl)ccc3O2)CC1. The smallest absolute Gasteiger partial charge is 0.123 e. The average molecular weight is 254 g/mol. The van der Waals surface area contributed by atoms with Crippen LogP contribution < -0.4 is 10.1 Å². The molecule has 1 aliphatic heterocycles. The largest absolute Gasteiger partial charge is 0.488 e. The molecular formula is C13H16ClNO2. The Labute approximate surface area is 106 Å². The lowest BCUT2D eigenvalue weighted by Gasteiger charge is -2.17. The molecule has 0 spiro atoms. The Morgan fingerprint density at radius 1 is 1.47 bits per heavy atom. The first kappa shape index (κ1) is 11.3. The molecule has 17 heavy (non-hydrogen) atoms. The summed E-state index contributed by atoms with van der Waals surface area (Å²) in [4.78, 5) is 0. The zero-order valence-electron chi connectivity index (χ0n) is 9.58. The number of halogens is 1. The molecule has 0 radical (unpaired) electrons. The molecule has 92 valence electrons. The molecule has 4 heteroatoms. The standard InChI is InChI=1S/C13H16ClNO2/c14-10-1-2-12-9(5-10)6-11(17-12)7-15-13(8-16)3-4-13/h1-2,5,11,15-16H,3-4,6-8H2. The topological polar surface area (TPSA) is 41.5 Å². The minimum Gasteiger partial charge on any atom is -0.488 e. The van der Waals surface area contributed by atoms with Gasteiger partial charge in [-0.05, 0) is 36.6 Å². The minimum absolute atomic E-state index is 0.0181. The van der Waals surface area contributed by atoms with Gasteiger partial charge >= 0.3 is 0 Å². The fourth-order valence-electron chi connectivity index (χ4n) is 2.27. The summed E-state index contributed by atoms with van der Waals surface area (Å²) in [6.45, 7) is 1.01. The molecule has 2 N–H and O–H groups in total. The van der Waals surface area contributed by atoms with E-state index >= 15 is 0 Å². The van der Waals surface area contributed by atoms with Crippen LogP contribution in [-0.4, -0.2) is 29.9 Å². The Balaban J connectivity index is 1.59. The highest BCUT2D eigenvalue weighted by molar-refractivity contribution is 6.30. The molecule has 1 aliphatic carbocycles. The van der Waals surface area contributed by atoms with E-state index in [4.69, 9.17) is 16.3 Å². The number of rotatable bonds is 4. The number of hydrogen-bond acceptors (Lipinski definition) is 3. The normalized spacial score (nSPS) is 24.2. The minimum atomic E-state index is -0.0181. The summed E-state index contributed by atoms with van der Waals surface area (Å²) in [5.74, 6) is 0.940. The highest BCUT2D eigenvalue weighted by Crippen LogP contribution is 2.35. The molecule has 1 unspecified atom stereocenters. The van der Waals surface area contributed by atoms with Crippen molar-refractivity contribution in [2.45, 2.75) is 30.9 Å². The summed E-state index contributed by atoms with van der Waals surface area (Å²) in [6.07, 6.45) is 3.18. The molecule has 1 aromatic carbocycles. The lowest BCUT2D eigenvalue weighted by atomic mass is 10.1. The van der Waals surface area contributed by atoms with Crippen molar-refractivity contribution < 1.29 is 9.84 Å². The van der Waals surface area contributed by atoms with Crippen LogP contribution in [0.5, 0.6) is 5.75 Å². The number of ether oxygens (including phenoxy) is 1. The summed E-state index contributed by atoms with van der Waals surface area (Å²) in [6, 6.07) is 5.75. The van der Waals surface area contributed by atoms with Crippen molar-refractivity contribution >= 4 is 11.6 Å². The summed E-state index contributed by atoms with van der Waals surface area (Å²) >= 11 is 5.95. The Morgan fingerprint density at radius 2 is 2.29 bits per heavy atom. The van der Waals surface area contributed by atoms with Gasteiger partial charge in [0.05, 0.1) is 6.61 Å². The van der Waals surface area contributed by atoms with Crippen LogP contribution in [0.4, 0.5) is 0 Å². The second-order valence-electron chi connectivity index (χ2n) is 5.02. The van der Waals surface area contributed by atoms with E-state index < -0.39 is 0 Å². The van der Waals surface area contributed by atoms with E-state index in [1.165, 1.54) is 5.56 Å². The number of aliphatic hydroxyl groups excluding tert-OH is 1. The van der Waals surface area contributed by atoms with Gasteiger partial charge in [0.1, 0.15) is 11.9 Å². The highest BCUT2D eigenvalue weighted by Gasteiger charge is 2.42. The second-order valence-corrected chi connectivity index (χ2v) is 5.45. The van der Waals surface area contributed by atoms with Crippen LogP contribution in [0.1, 0.15) is 18.4 Å². The van der Waals surface area contributed by atoms with E-state index in [0.717, 1.165) is 36.6 Å². The summed E-state index contributed by atoms with van der Waals surface area (Å²) < 4.78 is 5.83. The number of hydrogen-bond donors (Lipinski definition) is 2. The molecule has 1 saturated carbocycles. The fourth-order valence-corrected chi connectivity index (χ4v) is 2.47. The van der Waals surface area contributed by atoms with E-state index in [9.17, 15) is 5.11 Å². The zero-order chi connectivity index (χ0) is 11.9. The van der Waals surface area contributed by atoms with Crippen molar-refractivity contribution in [1.29, 1.82) is 0 Å². The van der Waals surface area contributed by atoms with Gasteiger partial charge in [0, 0.05) is 23.5 Å². The van der Waals surface area contributed by atoms with Crippen molar-refractivity contribution in [3.05, 3.63) is 28.8 Å². The van der Waals surface area contributed by atoms with Crippen LogP contribution in [0.25, 0.3) is 0 Å². The second kappa shape index (κ2) is 4.16. The molecule has 3 rings (SSSR count). The molecule has 1 heterocycles. The first-order valence-corrected chi connectivity index (χ1v) is 6.40. The molecule has 0 amide bonds. The van der Waals surface area contributed by atoms with Crippen LogP contribution in [0.15, 0.2) is 18.2 Å². The van der Waals surface area contributed by atoms with E-state index in [-0.39, 0.29) is 18.2 Å². The van der Waals surface area contributed by atoms with Crippen molar-refractivity contribution in [3.8, 4) is 5.75 Å². The summed E-state index contributed by atoms with van der Waals surface area (Å²) in [7, 11) is 0. The number of fused-ring (bicyclic) bond motifs is 1. The van der Waals surface area contributed by atoms with Gasteiger partial charge < -0.3 is 15.2 Å². The monoisotopic (exact) mass is 253 g/mol. The van der Waals surface area contributed by atoms with Gasteiger partial charge in [-0.1, -0.05) is 11.6 Å². The molecule has 0 bridgehead atoms. The molecule has 1 atom stereocenters. The van der Waals surface area contributed by atoms with Gasteiger partial charge in [0.25, 0.3) is 0 Å². The van der Waals surface area contributed by atoms with Gasteiger partial charge in [-0.3, -0.25) is 0 Å². The third-order valence-electron chi connectivity index (χ3n) is 3.62. The molecule has 1 fully saturated rings. The molecular weight excluding hydrogens is 238 g/mol. The maximum absolute atomic E-state index is 9.22. The van der Waals surface area contributed by atoms with E-state index in [1.54, 1.807) is 0 Å². The van der Waals surface area contributed by atoms with Gasteiger partial charge in [-0.2, -0.15) is 0 Å². The maximum Gasteiger partial charge on any atom is 0.123 e.